The highest BCUT2D eigenvalue weighted by Gasteiger charge is 2.35. The summed E-state index contributed by atoms with van der Waals surface area (Å²) in [6.07, 6.45) is 4.65. The van der Waals surface area contributed by atoms with E-state index in [-0.39, 0.29) is 5.75 Å². The minimum atomic E-state index is -0.665. The first-order chi connectivity index (χ1) is 8.07. The molecule has 0 heterocycles. The van der Waals surface area contributed by atoms with Gasteiger partial charge >= 0.3 is 0 Å². The molecule has 0 atom stereocenters. The third-order valence-corrected chi connectivity index (χ3v) is 3.50. The summed E-state index contributed by atoms with van der Waals surface area (Å²) in [5.41, 5.74) is 6.04. The molecule has 1 aromatic rings. The summed E-state index contributed by atoms with van der Waals surface area (Å²) in [6.45, 7) is 0. The van der Waals surface area contributed by atoms with E-state index in [9.17, 15) is 9.50 Å². The van der Waals surface area contributed by atoms with E-state index in [4.69, 9.17) is 10.5 Å². The van der Waals surface area contributed by atoms with E-state index in [1.807, 2.05) is 0 Å². The average molecular weight is 239 g/mol. The summed E-state index contributed by atoms with van der Waals surface area (Å²) in [7, 11) is 1.46. The summed E-state index contributed by atoms with van der Waals surface area (Å²) in [5.74, 6) is -0.277. The highest BCUT2D eigenvalue weighted by atomic mass is 19.1. The lowest BCUT2D eigenvalue weighted by molar-refractivity contribution is 0.278. The summed E-state index contributed by atoms with van der Waals surface area (Å²) >= 11 is 0. The fourth-order valence-electron chi connectivity index (χ4n) is 2.64. The zero-order valence-corrected chi connectivity index (χ0v) is 10.0. The molecule has 0 aromatic heterocycles. The molecular formula is C13H18FNO2. The van der Waals surface area contributed by atoms with Crippen LogP contribution in [-0.2, 0) is 5.54 Å². The molecule has 94 valence electrons. The Morgan fingerprint density at radius 3 is 2.53 bits per heavy atom. The molecule has 0 spiro atoms. The van der Waals surface area contributed by atoms with E-state index in [2.05, 4.69) is 0 Å². The summed E-state index contributed by atoms with van der Waals surface area (Å²) in [5, 5.41) is 9.37. The first-order valence-electron chi connectivity index (χ1n) is 5.93. The summed E-state index contributed by atoms with van der Waals surface area (Å²) < 4.78 is 19.2. The van der Waals surface area contributed by atoms with Crippen molar-refractivity contribution in [3.05, 3.63) is 23.5 Å². The molecule has 0 aliphatic heterocycles. The molecule has 2 rings (SSSR count). The van der Waals surface area contributed by atoms with Crippen LogP contribution in [0.1, 0.15) is 37.7 Å². The Balaban J connectivity index is 2.49. The van der Waals surface area contributed by atoms with Crippen LogP contribution >= 0.6 is 0 Å². The maximum Gasteiger partial charge on any atom is 0.135 e. The first kappa shape index (κ1) is 12.2. The number of rotatable bonds is 2. The minimum Gasteiger partial charge on any atom is -0.508 e. The second-order valence-electron chi connectivity index (χ2n) is 4.72. The number of aromatic hydroxyl groups is 1. The van der Waals surface area contributed by atoms with Crippen molar-refractivity contribution < 1.29 is 14.2 Å². The van der Waals surface area contributed by atoms with Crippen molar-refractivity contribution in [1.29, 1.82) is 0 Å². The normalized spacial score (nSPS) is 19.0. The van der Waals surface area contributed by atoms with Gasteiger partial charge in [0.2, 0.25) is 0 Å². The maximum atomic E-state index is 14.0. The number of methoxy groups -OCH3 is 1. The fraction of sp³-hybridized carbons (Fsp3) is 0.538. The SMILES string of the molecule is COc1cc(O)cc(F)c1C1(N)CCCCC1. The molecule has 1 saturated carbocycles. The Labute approximate surface area is 100 Å². The Kier molecular flexibility index (Phi) is 3.24. The molecule has 1 aliphatic carbocycles. The van der Waals surface area contributed by atoms with E-state index in [1.165, 1.54) is 13.2 Å². The maximum absolute atomic E-state index is 14.0. The van der Waals surface area contributed by atoms with Gasteiger partial charge in [-0.05, 0) is 12.8 Å². The third-order valence-electron chi connectivity index (χ3n) is 3.50. The number of benzene rings is 1. The second-order valence-corrected chi connectivity index (χ2v) is 4.72. The Morgan fingerprint density at radius 2 is 1.94 bits per heavy atom. The van der Waals surface area contributed by atoms with Crippen LogP contribution in [0.2, 0.25) is 0 Å². The van der Waals surface area contributed by atoms with Crippen molar-refractivity contribution in [2.45, 2.75) is 37.6 Å². The Morgan fingerprint density at radius 1 is 1.29 bits per heavy atom. The van der Waals surface area contributed by atoms with Gasteiger partial charge in [-0.2, -0.15) is 0 Å². The van der Waals surface area contributed by atoms with Gasteiger partial charge in [-0.1, -0.05) is 19.3 Å². The molecule has 1 aliphatic rings. The number of ether oxygens (including phenoxy) is 1. The van der Waals surface area contributed by atoms with Gasteiger partial charge in [0.05, 0.1) is 7.11 Å². The zero-order chi connectivity index (χ0) is 12.5. The van der Waals surface area contributed by atoms with Crippen molar-refractivity contribution in [3.63, 3.8) is 0 Å². The topological polar surface area (TPSA) is 55.5 Å². The fourth-order valence-corrected chi connectivity index (χ4v) is 2.64. The molecule has 0 radical (unpaired) electrons. The van der Waals surface area contributed by atoms with Gasteiger partial charge in [-0.15, -0.1) is 0 Å². The van der Waals surface area contributed by atoms with E-state index in [0.717, 1.165) is 38.2 Å². The van der Waals surface area contributed by atoms with E-state index < -0.39 is 11.4 Å². The third kappa shape index (κ3) is 2.22. The number of hydrogen-bond acceptors (Lipinski definition) is 3. The highest BCUT2D eigenvalue weighted by molar-refractivity contribution is 5.45. The molecule has 3 nitrogen and oxygen atoms in total. The van der Waals surface area contributed by atoms with Gasteiger partial charge < -0.3 is 15.6 Å². The lowest BCUT2D eigenvalue weighted by atomic mass is 9.77. The van der Waals surface area contributed by atoms with Crippen LogP contribution < -0.4 is 10.5 Å². The first-order valence-corrected chi connectivity index (χ1v) is 5.93. The minimum absolute atomic E-state index is 0.137. The largest absolute Gasteiger partial charge is 0.508 e. The van der Waals surface area contributed by atoms with Crippen LogP contribution in [0.4, 0.5) is 4.39 Å². The molecule has 17 heavy (non-hydrogen) atoms. The van der Waals surface area contributed by atoms with E-state index in [1.54, 1.807) is 0 Å². The molecule has 3 N–H and O–H groups in total. The van der Waals surface area contributed by atoms with Gasteiger partial charge in [-0.3, -0.25) is 0 Å². The molecule has 4 heteroatoms. The van der Waals surface area contributed by atoms with Crippen LogP contribution in [-0.4, -0.2) is 12.2 Å². The van der Waals surface area contributed by atoms with Crippen molar-refractivity contribution in [3.8, 4) is 11.5 Å². The quantitative estimate of drug-likeness (QED) is 0.834. The second kappa shape index (κ2) is 4.53. The summed E-state index contributed by atoms with van der Waals surface area (Å²) in [4.78, 5) is 0. The summed E-state index contributed by atoms with van der Waals surface area (Å²) in [6, 6.07) is 2.52. The molecule has 0 unspecified atom stereocenters. The van der Waals surface area contributed by atoms with Crippen LogP contribution in [0.25, 0.3) is 0 Å². The van der Waals surface area contributed by atoms with Crippen molar-refractivity contribution in [2.75, 3.05) is 7.11 Å². The van der Waals surface area contributed by atoms with Gasteiger partial charge in [0.25, 0.3) is 0 Å². The number of phenols is 1. The van der Waals surface area contributed by atoms with E-state index in [0.29, 0.717) is 11.3 Å². The van der Waals surface area contributed by atoms with Gasteiger partial charge in [0.15, 0.2) is 0 Å². The Hall–Kier alpha value is -1.29. The smallest absolute Gasteiger partial charge is 0.135 e. The van der Waals surface area contributed by atoms with Crippen LogP contribution in [0.3, 0.4) is 0 Å². The monoisotopic (exact) mass is 239 g/mol. The van der Waals surface area contributed by atoms with Crippen molar-refractivity contribution in [2.24, 2.45) is 5.73 Å². The van der Waals surface area contributed by atoms with Gasteiger partial charge in [0, 0.05) is 23.2 Å². The predicted octanol–water partition coefficient (Wildman–Crippen LogP) is 2.66. The zero-order valence-electron chi connectivity index (χ0n) is 10.0. The lowest BCUT2D eigenvalue weighted by Crippen LogP contribution is -2.39. The van der Waals surface area contributed by atoms with Gasteiger partial charge in [0.1, 0.15) is 17.3 Å². The number of hydrogen-bond donors (Lipinski definition) is 2. The molecule has 0 amide bonds. The molecular weight excluding hydrogens is 221 g/mol. The number of halogens is 1. The Bertz CT molecular complexity index is 414. The van der Waals surface area contributed by atoms with Gasteiger partial charge in [-0.25, -0.2) is 4.39 Å². The lowest BCUT2D eigenvalue weighted by Gasteiger charge is -2.35. The van der Waals surface area contributed by atoms with Crippen LogP contribution in [0.15, 0.2) is 12.1 Å². The standard InChI is InChI=1S/C13H18FNO2/c1-17-11-8-9(16)7-10(14)12(11)13(15)5-3-2-4-6-13/h7-8,16H,2-6,15H2,1H3. The van der Waals surface area contributed by atoms with E-state index >= 15 is 0 Å². The molecule has 0 saturated heterocycles. The highest BCUT2D eigenvalue weighted by Crippen LogP contribution is 2.41. The number of nitrogens with two attached hydrogens (primary N) is 1. The predicted molar refractivity (Wildman–Crippen MR) is 63.6 cm³/mol. The van der Waals surface area contributed by atoms with Crippen LogP contribution in [0, 0.1) is 5.82 Å². The molecule has 0 bridgehead atoms. The van der Waals surface area contributed by atoms with Crippen molar-refractivity contribution in [1.82, 2.24) is 0 Å². The van der Waals surface area contributed by atoms with Crippen LogP contribution in [0.5, 0.6) is 11.5 Å². The van der Waals surface area contributed by atoms with Crippen molar-refractivity contribution >= 4 is 0 Å². The molecule has 1 aromatic carbocycles. The molecule has 1 fully saturated rings. The average Bonchev–Trinajstić information content (AvgIpc) is 2.28. The number of phenolic OH excluding ortho intramolecular Hbond substituents is 1.